The van der Waals surface area contributed by atoms with Gasteiger partial charge in [0, 0.05) is 5.69 Å². The molecule has 0 saturated carbocycles. The molecule has 27 heavy (non-hydrogen) atoms. The van der Waals surface area contributed by atoms with Crippen molar-refractivity contribution in [1.29, 1.82) is 0 Å². The minimum atomic E-state index is -3.81. The molecule has 0 fully saturated rings. The molecule has 1 aromatic carbocycles. The fourth-order valence-electron chi connectivity index (χ4n) is 2.42. The molecule has 0 spiro atoms. The van der Waals surface area contributed by atoms with Gasteiger partial charge in [-0.05, 0) is 50.4 Å². The molecule has 144 valence electrons. The number of amides is 2. The number of hydrogen-bond acceptors (Lipinski definition) is 6. The third-order valence-electron chi connectivity index (χ3n) is 3.89. The summed E-state index contributed by atoms with van der Waals surface area (Å²) in [6.07, 6.45) is -0.594. The zero-order valence-corrected chi connectivity index (χ0v) is 16.5. The van der Waals surface area contributed by atoms with Crippen molar-refractivity contribution >= 4 is 44.5 Å². The molecule has 2 amide bonds. The number of nitrogens with one attached hydrogen (secondary N) is 3. The Morgan fingerprint density at radius 3 is 2.70 bits per heavy atom. The minimum Gasteiger partial charge on any atom is -0.479 e. The SMILES string of the molecule is C[C@H]1Oc2ccc(NC(=O)C(C)(C)NS(=O)(=O)c3cccs3)cc2NC1=O. The Labute approximate surface area is 161 Å². The zero-order valence-electron chi connectivity index (χ0n) is 14.9. The number of carbonyl (C=O) groups excluding carboxylic acids is 2. The number of benzene rings is 1. The van der Waals surface area contributed by atoms with Gasteiger partial charge in [0.1, 0.15) is 15.5 Å². The van der Waals surface area contributed by atoms with Crippen molar-refractivity contribution in [3.8, 4) is 5.75 Å². The maximum atomic E-state index is 12.6. The first-order chi connectivity index (χ1) is 12.6. The van der Waals surface area contributed by atoms with E-state index in [1.54, 1.807) is 36.6 Å². The highest BCUT2D eigenvalue weighted by molar-refractivity contribution is 7.91. The summed E-state index contributed by atoms with van der Waals surface area (Å²) in [6.45, 7) is 4.58. The number of ether oxygens (including phenoxy) is 1. The van der Waals surface area contributed by atoms with Crippen LogP contribution in [0.4, 0.5) is 11.4 Å². The van der Waals surface area contributed by atoms with E-state index in [4.69, 9.17) is 4.74 Å². The lowest BCUT2D eigenvalue weighted by Gasteiger charge is -2.26. The maximum absolute atomic E-state index is 12.6. The van der Waals surface area contributed by atoms with Crippen molar-refractivity contribution in [2.24, 2.45) is 0 Å². The van der Waals surface area contributed by atoms with E-state index in [9.17, 15) is 18.0 Å². The molecule has 2 aromatic rings. The van der Waals surface area contributed by atoms with Gasteiger partial charge in [0.2, 0.25) is 5.91 Å². The van der Waals surface area contributed by atoms with Gasteiger partial charge < -0.3 is 15.4 Å². The molecule has 2 heterocycles. The monoisotopic (exact) mass is 409 g/mol. The fourth-order valence-corrected chi connectivity index (χ4v) is 4.79. The Morgan fingerprint density at radius 2 is 2.04 bits per heavy atom. The molecule has 1 atom stereocenters. The van der Waals surface area contributed by atoms with E-state index in [0.29, 0.717) is 17.1 Å². The van der Waals surface area contributed by atoms with Crippen molar-refractivity contribution in [2.75, 3.05) is 10.6 Å². The van der Waals surface area contributed by atoms with Crippen molar-refractivity contribution in [3.63, 3.8) is 0 Å². The summed E-state index contributed by atoms with van der Waals surface area (Å²) in [5.41, 5.74) is -0.555. The van der Waals surface area contributed by atoms with E-state index < -0.39 is 27.6 Å². The van der Waals surface area contributed by atoms with Crippen LogP contribution in [0, 0.1) is 0 Å². The van der Waals surface area contributed by atoms with Gasteiger partial charge in [0.25, 0.3) is 15.9 Å². The Balaban J connectivity index is 1.75. The molecule has 1 aromatic heterocycles. The van der Waals surface area contributed by atoms with Gasteiger partial charge in [-0.3, -0.25) is 9.59 Å². The number of rotatable bonds is 5. The van der Waals surface area contributed by atoms with Crippen molar-refractivity contribution < 1.29 is 22.7 Å². The molecule has 0 aliphatic carbocycles. The van der Waals surface area contributed by atoms with Crippen LogP contribution in [0.3, 0.4) is 0 Å². The number of fused-ring (bicyclic) bond motifs is 1. The van der Waals surface area contributed by atoms with E-state index in [1.807, 2.05) is 0 Å². The van der Waals surface area contributed by atoms with Crippen LogP contribution in [0.25, 0.3) is 0 Å². The van der Waals surface area contributed by atoms with E-state index >= 15 is 0 Å². The third kappa shape index (κ3) is 4.12. The van der Waals surface area contributed by atoms with E-state index in [0.717, 1.165) is 11.3 Å². The number of sulfonamides is 1. The molecular formula is C17H19N3O5S2. The molecular weight excluding hydrogens is 390 g/mol. The smallest absolute Gasteiger partial charge is 0.265 e. The summed E-state index contributed by atoms with van der Waals surface area (Å²) in [6, 6.07) is 7.89. The molecule has 10 heteroatoms. The second-order valence-corrected chi connectivity index (χ2v) is 9.43. The molecule has 1 aliphatic heterocycles. The van der Waals surface area contributed by atoms with Crippen LogP contribution in [-0.2, 0) is 19.6 Å². The first-order valence-corrected chi connectivity index (χ1v) is 10.5. The number of hydrogen-bond donors (Lipinski definition) is 3. The molecule has 0 unspecified atom stereocenters. The molecule has 1 aliphatic rings. The van der Waals surface area contributed by atoms with Gasteiger partial charge in [-0.15, -0.1) is 11.3 Å². The summed E-state index contributed by atoms with van der Waals surface area (Å²) < 4.78 is 32.8. The van der Waals surface area contributed by atoms with E-state index in [-0.39, 0.29) is 10.1 Å². The largest absolute Gasteiger partial charge is 0.479 e. The van der Waals surface area contributed by atoms with Gasteiger partial charge in [0.05, 0.1) is 5.69 Å². The normalized spacial score (nSPS) is 16.9. The minimum absolute atomic E-state index is 0.131. The molecule has 0 radical (unpaired) electrons. The van der Waals surface area contributed by atoms with Crippen molar-refractivity contribution in [2.45, 2.75) is 36.6 Å². The van der Waals surface area contributed by atoms with E-state index in [2.05, 4.69) is 15.4 Å². The number of carbonyl (C=O) groups is 2. The van der Waals surface area contributed by atoms with Gasteiger partial charge in [-0.25, -0.2) is 8.42 Å². The summed E-state index contributed by atoms with van der Waals surface area (Å²) in [5, 5.41) is 7.00. The standard InChI is InChI=1S/C17H19N3O5S2/c1-10-15(21)19-12-9-11(6-7-13(12)25-10)18-16(22)17(2,3)20-27(23,24)14-5-4-8-26-14/h4-10,20H,1-3H3,(H,18,22)(H,19,21)/t10-/m1/s1. The lowest BCUT2D eigenvalue weighted by Crippen LogP contribution is -2.52. The topological polar surface area (TPSA) is 114 Å². The Morgan fingerprint density at radius 1 is 1.30 bits per heavy atom. The van der Waals surface area contributed by atoms with Crippen LogP contribution >= 0.6 is 11.3 Å². The van der Waals surface area contributed by atoms with Gasteiger partial charge in [-0.1, -0.05) is 6.07 Å². The van der Waals surface area contributed by atoms with E-state index in [1.165, 1.54) is 19.9 Å². The summed E-state index contributed by atoms with van der Waals surface area (Å²) in [7, 11) is -3.81. The van der Waals surface area contributed by atoms with Crippen LogP contribution in [0.2, 0.25) is 0 Å². The first kappa shape index (κ1) is 19.3. The summed E-state index contributed by atoms with van der Waals surface area (Å²) in [5.74, 6) is -0.327. The van der Waals surface area contributed by atoms with Crippen LogP contribution in [0.1, 0.15) is 20.8 Å². The second-order valence-electron chi connectivity index (χ2n) is 6.58. The van der Waals surface area contributed by atoms with Crippen molar-refractivity contribution in [3.05, 3.63) is 35.7 Å². The molecule has 0 bridgehead atoms. The highest BCUT2D eigenvalue weighted by Gasteiger charge is 2.34. The molecule has 3 N–H and O–H groups in total. The average molecular weight is 409 g/mol. The molecule has 8 nitrogen and oxygen atoms in total. The fraction of sp³-hybridized carbons (Fsp3) is 0.294. The highest BCUT2D eigenvalue weighted by Crippen LogP contribution is 2.32. The molecule has 3 rings (SSSR count). The number of thiophene rings is 1. The average Bonchev–Trinajstić information content (AvgIpc) is 3.11. The third-order valence-corrected chi connectivity index (χ3v) is 6.94. The van der Waals surface area contributed by atoms with Gasteiger partial charge in [0.15, 0.2) is 6.10 Å². The van der Waals surface area contributed by atoms with Crippen LogP contribution in [0.5, 0.6) is 5.75 Å². The van der Waals surface area contributed by atoms with Crippen LogP contribution in [-0.4, -0.2) is 31.9 Å². The highest BCUT2D eigenvalue weighted by atomic mass is 32.2. The Hall–Kier alpha value is -2.43. The lowest BCUT2D eigenvalue weighted by molar-refractivity contribution is -0.122. The quantitative estimate of drug-likeness (QED) is 0.700. The lowest BCUT2D eigenvalue weighted by atomic mass is 10.1. The molecule has 0 saturated heterocycles. The van der Waals surface area contributed by atoms with Crippen LogP contribution in [0.15, 0.2) is 39.9 Å². The predicted molar refractivity (Wildman–Crippen MR) is 103 cm³/mol. The predicted octanol–water partition coefficient (Wildman–Crippen LogP) is 2.16. The summed E-state index contributed by atoms with van der Waals surface area (Å²) in [4.78, 5) is 24.3. The maximum Gasteiger partial charge on any atom is 0.265 e. The zero-order chi connectivity index (χ0) is 19.8. The summed E-state index contributed by atoms with van der Waals surface area (Å²) >= 11 is 1.07. The Kier molecular flexibility index (Phi) is 4.98. The van der Waals surface area contributed by atoms with Crippen molar-refractivity contribution in [1.82, 2.24) is 4.72 Å². The first-order valence-electron chi connectivity index (χ1n) is 8.09. The Bertz CT molecular complexity index is 984. The van der Waals surface area contributed by atoms with Gasteiger partial charge >= 0.3 is 0 Å². The number of anilines is 2. The van der Waals surface area contributed by atoms with Crippen LogP contribution < -0.4 is 20.1 Å². The van der Waals surface area contributed by atoms with Gasteiger partial charge in [-0.2, -0.15) is 4.72 Å². The second kappa shape index (κ2) is 6.95.